The van der Waals surface area contributed by atoms with E-state index in [0.29, 0.717) is 30.9 Å². The number of anilines is 1. The number of hydrogen-bond donors (Lipinski definition) is 1. The Morgan fingerprint density at radius 2 is 1.76 bits per heavy atom. The van der Waals surface area contributed by atoms with Gasteiger partial charge >= 0.3 is 0 Å². The van der Waals surface area contributed by atoms with Gasteiger partial charge in [0.25, 0.3) is 5.91 Å². The fourth-order valence-electron chi connectivity index (χ4n) is 8.00. The summed E-state index contributed by atoms with van der Waals surface area (Å²) in [6, 6.07) is 15.7. The largest absolute Gasteiger partial charge is 0.497 e. The Morgan fingerprint density at radius 1 is 1.09 bits per heavy atom. The first kappa shape index (κ1) is 33.8. The maximum Gasteiger partial charge on any atom is 0.251 e. The van der Waals surface area contributed by atoms with Gasteiger partial charge in [0.2, 0.25) is 11.8 Å². The van der Waals surface area contributed by atoms with E-state index in [1.165, 1.54) is 0 Å². The van der Waals surface area contributed by atoms with E-state index >= 15 is 4.79 Å². The third-order valence-corrected chi connectivity index (χ3v) is 12.0. The minimum Gasteiger partial charge on any atom is -0.497 e. The molecule has 46 heavy (non-hydrogen) atoms. The van der Waals surface area contributed by atoms with Gasteiger partial charge in [0.05, 0.1) is 36.3 Å². The Balaban J connectivity index is 1.60. The highest BCUT2D eigenvalue weighted by Crippen LogP contribution is 2.69. The molecule has 3 aliphatic heterocycles. The van der Waals surface area contributed by atoms with E-state index in [4.69, 9.17) is 4.74 Å². The van der Waals surface area contributed by atoms with Crippen LogP contribution in [0.4, 0.5) is 5.69 Å². The maximum atomic E-state index is 15.0. The zero-order valence-electron chi connectivity index (χ0n) is 27.4. The SMILES string of the molecule is C=CCN(Cc1ccccc1)C(=O)[C@@H]1[C@H]2C(=O)N([C@@H](CO)CC(C)C)C(C(=O)N(CC=C)c3ccc(OC)cc3)C23S[C@@H]1CC3C. The lowest BCUT2D eigenvalue weighted by Gasteiger charge is -2.42. The fraction of sp³-hybridized carbons (Fsp3) is 0.486. The molecule has 7 atom stereocenters. The maximum absolute atomic E-state index is 15.0. The molecule has 9 heteroatoms. The van der Waals surface area contributed by atoms with E-state index in [0.717, 1.165) is 12.0 Å². The minimum absolute atomic E-state index is 0.00118. The zero-order valence-corrected chi connectivity index (χ0v) is 28.2. The summed E-state index contributed by atoms with van der Waals surface area (Å²) in [6.07, 6.45) is 4.67. The van der Waals surface area contributed by atoms with Crippen LogP contribution in [0.15, 0.2) is 79.9 Å². The summed E-state index contributed by atoms with van der Waals surface area (Å²) in [5, 5.41) is 10.6. The lowest BCUT2D eigenvalue weighted by Crippen LogP contribution is -2.59. The predicted octanol–water partition coefficient (Wildman–Crippen LogP) is 5.17. The second-order valence-corrected chi connectivity index (χ2v) is 14.7. The molecule has 1 N–H and O–H groups in total. The smallest absolute Gasteiger partial charge is 0.251 e. The topological polar surface area (TPSA) is 90.4 Å². The molecule has 0 saturated carbocycles. The highest BCUT2D eigenvalue weighted by molar-refractivity contribution is 8.02. The van der Waals surface area contributed by atoms with E-state index in [1.54, 1.807) is 57.9 Å². The molecule has 3 saturated heterocycles. The van der Waals surface area contributed by atoms with Gasteiger partial charge < -0.3 is 24.5 Å². The molecular weight excluding hydrogens is 598 g/mol. The van der Waals surface area contributed by atoms with Crippen LogP contribution in [0, 0.1) is 23.7 Å². The molecule has 5 rings (SSSR count). The highest BCUT2D eigenvalue weighted by atomic mass is 32.2. The van der Waals surface area contributed by atoms with Crippen molar-refractivity contribution in [2.75, 3.05) is 31.7 Å². The predicted molar refractivity (Wildman–Crippen MR) is 183 cm³/mol. The third kappa shape index (κ3) is 5.88. The second-order valence-electron chi connectivity index (χ2n) is 13.2. The van der Waals surface area contributed by atoms with Gasteiger partial charge in [-0.05, 0) is 54.5 Å². The second kappa shape index (κ2) is 14.1. The number of aliphatic hydroxyl groups is 1. The van der Waals surface area contributed by atoms with Gasteiger partial charge in [-0.1, -0.05) is 63.3 Å². The van der Waals surface area contributed by atoms with Gasteiger partial charge in [-0.25, -0.2) is 0 Å². The summed E-state index contributed by atoms with van der Waals surface area (Å²) < 4.78 is 4.53. The number of aliphatic hydroxyl groups excluding tert-OH is 1. The molecule has 0 aromatic heterocycles. The summed E-state index contributed by atoms with van der Waals surface area (Å²) >= 11 is 1.65. The van der Waals surface area contributed by atoms with Crippen molar-refractivity contribution < 1.29 is 24.2 Å². The summed E-state index contributed by atoms with van der Waals surface area (Å²) in [5.74, 6) is -0.915. The first-order valence-corrected chi connectivity index (χ1v) is 17.1. The van der Waals surface area contributed by atoms with Gasteiger partial charge in [0.1, 0.15) is 11.8 Å². The summed E-state index contributed by atoms with van der Waals surface area (Å²) in [6.45, 7) is 14.8. The standard InChI is InChI=1S/C37H47N3O5S/c1-7-18-38(22-26-12-10-9-11-13-26)34(42)31-30-21-25(5)37(46-30)32(31)35(43)40(28(23-41)20-24(3)4)33(37)36(44)39(19-8-2)27-14-16-29(45-6)17-15-27/h7-17,24-25,28,30-33,41H,1-2,18-23H2,3-6H3/t25?,28-,30-,31+,32+,33?,37?/m1/s1. The van der Waals surface area contributed by atoms with Crippen LogP contribution in [0.3, 0.4) is 0 Å². The molecule has 0 radical (unpaired) electrons. The van der Waals surface area contributed by atoms with Crippen LogP contribution in [-0.4, -0.2) is 81.5 Å². The molecule has 0 aliphatic carbocycles. The van der Waals surface area contributed by atoms with Crippen LogP contribution >= 0.6 is 11.8 Å². The van der Waals surface area contributed by atoms with Crippen molar-refractivity contribution in [1.82, 2.24) is 9.80 Å². The van der Waals surface area contributed by atoms with Crippen LogP contribution in [0.2, 0.25) is 0 Å². The number of thioether (sulfide) groups is 1. The molecule has 3 unspecified atom stereocenters. The van der Waals surface area contributed by atoms with Crippen molar-refractivity contribution in [1.29, 1.82) is 0 Å². The minimum atomic E-state index is -0.854. The first-order chi connectivity index (χ1) is 22.1. The average Bonchev–Trinajstić information content (AvgIpc) is 3.65. The number of hydrogen-bond acceptors (Lipinski definition) is 6. The number of amides is 3. The molecule has 3 amide bonds. The Kier molecular flexibility index (Phi) is 10.3. The van der Waals surface area contributed by atoms with E-state index in [-0.39, 0.29) is 48.0 Å². The average molecular weight is 646 g/mol. The summed E-state index contributed by atoms with van der Waals surface area (Å²) in [7, 11) is 1.59. The lowest BCUT2D eigenvalue weighted by molar-refractivity contribution is -0.146. The Bertz CT molecular complexity index is 1430. The van der Waals surface area contributed by atoms with Crippen LogP contribution in [0.5, 0.6) is 5.75 Å². The number of likely N-dealkylation sites (tertiary alicyclic amines) is 1. The van der Waals surface area contributed by atoms with Gasteiger partial charge in [-0.3, -0.25) is 14.4 Å². The molecule has 2 bridgehead atoms. The number of ether oxygens (including phenoxy) is 1. The van der Waals surface area contributed by atoms with E-state index in [1.807, 2.05) is 56.3 Å². The molecule has 3 fully saturated rings. The fourth-order valence-corrected chi connectivity index (χ4v) is 10.4. The zero-order chi connectivity index (χ0) is 33.2. The van der Waals surface area contributed by atoms with Gasteiger partial charge in [0, 0.05) is 30.6 Å². The molecule has 246 valence electrons. The normalized spacial score (nSPS) is 27.0. The van der Waals surface area contributed by atoms with Crippen LogP contribution in [-0.2, 0) is 20.9 Å². The van der Waals surface area contributed by atoms with Crippen LogP contribution in [0.1, 0.15) is 39.2 Å². The van der Waals surface area contributed by atoms with Crippen molar-refractivity contribution in [3.8, 4) is 5.75 Å². The number of fused-ring (bicyclic) bond motifs is 1. The number of methoxy groups -OCH3 is 1. The van der Waals surface area contributed by atoms with Crippen molar-refractivity contribution in [2.24, 2.45) is 23.7 Å². The number of carbonyl (C=O) groups excluding carboxylic acids is 3. The van der Waals surface area contributed by atoms with Gasteiger partial charge in [0.15, 0.2) is 0 Å². The van der Waals surface area contributed by atoms with Crippen LogP contribution < -0.4 is 9.64 Å². The quantitative estimate of drug-likeness (QED) is 0.285. The molecule has 8 nitrogen and oxygen atoms in total. The number of benzene rings is 2. The van der Waals surface area contributed by atoms with Gasteiger partial charge in [-0.2, -0.15) is 0 Å². The van der Waals surface area contributed by atoms with E-state index in [9.17, 15) is 14.7 Å². The summed E-state index contributed by atoms with van der Waals surface area (Å²) in [4.78, 5) is 49.6. The van der Waals surface area contributed by atoms with Crippen molar-refractivity contribution in [3.05, 3.63) is 85.5 Å². The Hall–Kier alpha value is -3.56. The Labute approximate surface area is 277 Å². The highest BCUT2D eigenvalue weighted by Gasteiger charge is 2.77. The lowest BCUT2D eigenvalue weighted by atomic mass is 9.65. The van der Waals surface area contributed by atoms with E-state index < -0.39 is 28.7 Å². The molecular formula is C37H47N3O5S. The molecule has 3 aliphatic rings. The van der Waals surface area contributed by atoms with Crippen molar-refractivity contribution in [3.63, 3.8) is 0 Å². The molecule has 1 spiro atoms. The summed E-state index contributed by atoms with van der Waals surface area (Å²) in [5.41, 5.74) is 1.67. The Morgan fingerprint density at radius 3 is 2.35 bits per heavy atom. The molecule has 3 heterocycles. The van der Waals surface area contributed by atoms with Crippen LogP contribution in [0.25, 0.3) is 0 Å². The van der Waals surface area contributed by atoms with E-state index in [2.05, 4.69) is 20.1 Å². The van der Waals surface area contributed by atoms with Crippen molar-refractivity contribution in [2.45, 2.75) is 62.2 Å². The number of carbonyl (C=O) groups is 3. The molecule has 2 aromatic rings. The van der Waals surface area contributed by atoms with Crippen molar-refractivity contribution >= 4 is 35.2 Å². The first-order valence-electron chi connectivity index (χ1n) is 16.2. The molecule has 2 aromatic carbocycles. The third-order valence-electron chi connectivity index (χ3n) is 9.89. The van der Waals surface area contributed by atoms with Gasteiger partial charge in [-0.15, -0.1) is 24.9 Å². The monoisotopic (exact) mass is 645 g/mol. The number of rotatable bonds is 14. The number of nitrogens with zero attached hydrogens (tertiary/aromatic N) is 3.